The molecule has 2 rings (SSSR count). The van der Waals surface area contributed by atoms with Gasteiger partial charge in [0.1, 0.15) is 0 Å². The Morgan fingerprint density at radius 1 is 1.45 bits per heavy atom. The van der Waals surface area contributed by atoms with E-state index in [4.69, 9.17) is 0 Å². The second-order valence-electron chi connectivity index (χ2n) is 5.33. The number of benzene rings is 1. The Morgan fingerprint density at radius 2 is 2.25 bits per heavy atom. The lowest BCUT2D eigenvalue weighted by molar-refractivity contribution is 0.596. The van der Waals surface area contributed by atoms with Gasteiger partial charge in [-0.05, 0) is 37.6 Å². The zero-order valence-corrected chi connectivity index (χ0v) is 15.1. The Balaban J connectivity index is 2.12. The Bertz CT molecular complexity index is 438. The van der Waals surface area contributed by atoms with Crippen LogP contribution in [0.5, 0.6) is 0 Å². The highest BCUT2D eigenvalue weighted by Gasteiger charge is 2.20. The summed E-state index contributed by atoms with van der Waals surface area (Å²) in [6, 6.07) is 7.21. The Hall–Kier alpha value is -0.190. The van der Waals surface area contributed by atoms with Crippen molar-refractivity contribution in [1.82, 2.24) is 5.32 Å². The molecule has 0 radical (unpaired) electrons. The number of hydrogen-bond acceptors (Lipinski definition) is 3. The second-order valence-corrected chi connectivity index (χ2v) is 7.59. The highest BCUT2D eigenvalue weighted by Crippen LogP contribution is 2.31. The largest absolute Gasteiger partial charge is 0.370 e. The minimum Gasteiger partial charge on any atom is -0.370 e. The van der Waals surface area contributed by atoms with Gasteiger partial charge >= 0.3 is 0 Å². The van der Waals surface area contributed by atoms with E-state index in [0.717, 1.165) is 18.3 Å². The van der Waals surface area contributed by atoms with Crippen LogP contribution in [0.1, 0.15) is 38.8 Å². The van der Waals surface area contributed by atoms with Crippen molar-refractivity contribution in [2.75, 3.05) is 30.3 Å². The fourth-order valence-corrected chi connectivity index (χ4v) is 4.57. The van der Waals surface area contributed by atoms with Crippen molar-refractivity contribution in [3.05, 3.63) is 28.2 Å². The van der Waals surface area contributed by atoms with E-state index in [1.165, 1.54) is 34.4 Å². The van der Waals surface area contributed by atoms with E-state index < -0.39 is 0 Å². The molecule has 1 aromatic rings. The van der Waals surface area contributed by atoms with Crippen LogP contribution in [0.25, 0.3) is 0 Å². The first-order valence-corrected chi connectivity index (χ1v) is 9.39. The van der Waals surface area contributed by atoms with E-state index >= 15 is 0 Å². The van der Waals surface area contributed by atoms with Crippen LogP contribution in [-0.4, -0.2) is 30.6 Å². The van der Waals surface area contributed by atoms with Crippen molar-refractivity contribution in [2.45, 2.75) is 38.5 Å². The van der Waals surface area contributed by atoms with E-state index in [9.17, 15) is 0 Å². The topological polar surface area (TPSA) is 15.3 Å². The second kappa shape index (κ2) is 7.71. The maximum Gasteiger partial charge on any atom is 0.0378 e. The third-order valence-electron chi connectivity index (χ3n) is 3.92. The molecule has 0 aliphatic carbocycles. The molecule has 1 heterocycles. The summed E-state index contributed by atoms with van der Waals surface area (Å²) >= 11 is 5.86. The molecule has 0 aromatic heterocycles. The average Bonchev–Trinajstić information content (AvgIpc) is 2.47. The molecule has 1 N–H and O–H groups in total. The number of rotatable bonds is 5. The normalized spacial score (nSPS) is 21.0. The first-order valence-electron chi connectivity index (χ1n) is 7.55. The Morgan fingerprint density at radius 3 is 2.90 bits per heavy atom. The molecule has 0 amide bonds. The molecule has 0 bridgehead atoms. The van der Waals surface area contributed by atoms with Gasteiger partial charge in [0, 0.05) is 40.3 Å². The van der Waals surface area contributed by atoms with Crippen molar-refractivity contribution >= 4 is 33.4 Å². The first-order chi connectivity index (χ1) is 9.65. The molecule has 2 nitrogen and oxygen atoms in total. The summed E-state index contributed by atoms with van der Waals surface area (Å²) < 4.78 is 1.22. The predicted molar refractivity (Wildman–Crippen MR) is 95.0 cm³/mol. The molecule has 4 heteroatoms. The number of halogens is 1. The molecule has 1 aromatic carbocycles. The quantitative estimate of drug-likeness (QED) is 0.838. The molecule has 1 fully saturated rings. The van der Waals surface area contributed by atoms with Crippen molar-refractivity contribution in [3.8, 4) is 0 Å². The minimum atomic E-state index is 0.392. The number of anilines is 1. The van der Waals surface area contributed by atoms with Crippen LogP contribution in [0.4, 0.5) is 5.69 Å². The van der Waals surface area contributed by atoms with Crippen molar-refractivity contribution in [3.63, 3.8) is 0 Å². The fourth-order valence-electron chi connectivity index (χ4n) is 2.68. The van der Waals surface area contributed by atoms with Gasteiger partial charge in [-0.1, -0.05) is 35.8 Å². The van der Waals surface area contributed by atoms with E-state index in [1.54, 1.807) is 0 Å². The first kappa shape index (κ1) is 16.2. The highest BCUT2D eigenvalue weighted by molar-refractivity contribution is 9.10. The zero-order chi connectivity index (χ0) is 14.5. The smallest absolute Gasteiger partial charge is 0.0378 e. The SMILES string of the molecule is CCNC(C)c1ccc(N2CCSC(CC)C2)cc1Br. The minimum absolute atomic E-state index is 0.392. The summed E-state index contributed by atoms with van der Waals surface area (Å²) in [5.74, 6) is 1.24. The van der Waals surface area contributed by atoms with Gasteiger partial charge in [0.15, 0.2) is 0 Å². The zero-order valence-electron chi connectivity index (χ0n) is 12.7. The third-order valence-corrected chi connectivity index (χ3v) is 5.98. The molecule has 112 valence electrons. The monoisotopic (exact) mass is 356 g/mol. The van der Waals surface area contributed by atoms with E-state index in [0.29, 0.717) is 6.04 Å². The molecule has 0 saturated carbocycles. The van der Waals surface area contributed by atoms with Gasteiger partial charge < -0.3 is 10.2 Å². The van der Waals surface area contributed by atoms with Crippen LogP contribution < -0.4 is 10.2 Å². The van der Waals surface area contributed by atoms with E-state index in [1.807, 2.05) is 0 Å². The van der Waals surface area contributed by atoms with Gasteiger partial charge in [-0.2, -0.15) is 11.8 Å². The van der Waals surface area contributed by atoms with E-state index in [-0.39, 0.29) is 0 Å². The van der Waals surface area contributed by atoms with Gasteiger partial charge in [0.2, 0.25) is 0 Å². The summed E-state index contributed by atoms with van der Waals surface area (Å²) in [6.07, 6.45) is 1.26. The summed E-state index contributed by atoms with van der Waals surface area (Å²) in [6.45, 7) is 9.99. The van der Waals surface area contributed by atoms with Crippen molar-refractivity contribution in [2.24, 2.45) is 0 Å². The third kappa shape index (κ3) is 3.92. The lowest BCUT2D eigenvalue weighted by Gasteiger charge is -2.34. The number of hydrogen-bond donors (Lipinski definition) is 1. The Labute approximate surface area is 135 Å². The van der Waals surface area contributed by atoms with Crippen LogP contribution >= 0.6 is 27.7 Å². The molecule has 1 aliphatic rings. The summed E-state index contributed by atoms with van der Waals surface area (Å²) in [4.78, 5) is 2.52. The van der Waals surface area contributed by atoms with Gasteiger partial charge in [-0.25, -0.2) is 0 Å². The van der Waals surface area contributed by atoms with E-state index in [2.05, 4.69) is 76.9 Å². The molecule has 2 unspecified atom stereocenters. The van der Waals surface area contributed by atoms with Crippen LogP contribution in [-0.2, 0) is 0 Å². The molecule has 20 heavy (non-hydrogen) atoms. The van der Waals surface area contributed by atoms with Crippen LogP contribution in [0, 0.1) is 0 Å². The van der Waals surface area contributed by atoms with Crippen molar-refractivity contribution in [1.29, 1.82) is 0 Å². The number of nitrogens with zero attached hydrogens (tertiary/aromatic N) is 1. The van der Waals surface area contributed by atoms with Gasteiger partial charge in [-0.15, -0.1) is 0 Å². The summed E-state index contributed by atoms with van der Waals surface area (Å²) in [7, 11) is 0. The van der Waals surface area contributed by atoms with Gasteiger partial charge in [0.05, 0.1) is 0 Å². The van der Waals surface area contributed by atoms with Crippen LogP contribution in [0.15, 0.2) is 22.7 Å². The average molecular weight is 357 g/mol. The molecule has 1 aliphatic heterocycles. The molecular formula is C16H25BrN2S. The van der Waals surface area contributed by atoms with Gasteiger partial charge in [-0.3, -0.25) is 0 Å². The molecule has 1 saturated heterocycles. The molecular weight excluding hydrogens is 332 g/mol. The number of thioether (sulfide) groups is 1. The standard InChI is InChI=1S/C16H25BrN2S/c1-4-14-11-19(8-9-20-14)13-6-7-15(16(17)10-13)12(3)18-5-2/h6-7,10,12,14,18H,4-5,8-9,11H2,1-3H3. The van der Waals surface area contributed by atoms with Crippen molar-refractivity contribution < 1.29 is 0 Å². The Kier molecular flexibility index (Phi) is 6.24. The lowest BCUT2D eigenvalue weighted by Crippen LogP contribution is -2.37. The summed E-state index contributed by atoms with van der Waals surface area (Å²) in [5, 5.41) is 4.25. The molecule has 2 atom stereocenters. The van der Waals surface area contributed by atoms with Gasteiger partial charge in [0.25, 0.3) is 0 Å². The maximum atomic E-state index is 3.74. The lowest BCUT2D eigenvalue weighted by atomic mass is 10.1. The predicted octanol–water partition coefficient (Wildman–Crippen LogP) is 4.45. The molecule has 0 spiro atoms. The highest BCUT2D eigenvalue weighted by atomic mass is 79.9. The maximum absolute atomic E-state index is 3.74. The summed E-state index contributed by atoms with van der Waals surface area (Å²) in [5.41, 5.74) is 2.69. The number of nitrogens with one attached hydrogen (secondary N) is 1. The van der Waals surface area contributed by atoms with Crippen LogP contribution in [0.2, 0.25) is 0 Å². The van der Waals surface area contributed by atoms with Crippen LogP contribution in [0.3, 0.4) is 0 Å². The fraction of sp³-hybridized carbons (Fsp3) is 0.625.